The van der Waals surface area contributed by atoms with Crippen LogP contribution in [0.4, 0.5) is 0 Å². The average molecular weight is 265 g/mol. The zero-order chi connectivity index (χ0) is 11.8. The van der Waals surface area contributed by atoms with Gasteiger partial charge in [-0.05, 0) is 18.2 Å². The Labute approximate surface area is 107 Å². The van der Waals surface area contributed by atoms with Crippen molar-refractivity contribution in [3.63, 3.8) is 0 Å². The second-order valence-electron chi connectivity index (χ2n) is 3.48. The number of hydrogen-bond donors (Lipinski definition) is 0. The van der Waals surface area contributed by atoms with E-state index in [4.69, 9.17) is 27.6 Å². The predicted octanol–water partition coefficient (Wildman–Crippen LogP) is 4.20. The zero-order valence-electron chi connectivity index (χ0n) is 8.52. The summed E-state index contributed by atoms with van der Waals surface area (Å²) < 4.78 is 5.21. The SMILES string of the molecule is Clc1ccc2ncc(-c3ncco3)c(Cl)c2c1. The summed E-state index contributed by atoms with van der Waals surface area (Å²) in [6.07, 6.45) is 4.70. The number of fused-ring (bicyclic) bond motifs is 1. The first-order valence-electron chi connectivity index (χ1n) is 4.89. The summed E-state index contributed by atoms with van der Waals surface area (Å²) in [5, 5.41) is 1.94. The van der Waals surface area contributed by atoms with E-state index < -0.39 is 0 Å². The summed E-state index contributed by atoms with van der Waals surface area (Å²) in [4.78, 5) is 8.35. The highest BCUT2D eigenvalue weighted by atomic mass is 35.5. The van der Waals surface area contributed by atoms with Crippen molar-refractivity contribution in [3.8, 4) is 11.5 Å². The maximum Gasteiger partial charge on any atom is 0.228 e. The van der Waals surface area contributed by atoms with Crippen LogP contribution in [-0.4, -0.2) is 9.97 Å². The topological polar surface area (TPSA) is 38.9 Å². The Kier molecular flexibility index (Phi) is 2.50. The number of aromatic nitrogens is 2. The molecular formula is C12H6Cl2N2O. The van der Waals surface area contributed by atoms with Crippen molar-refractivity contribution < 1.29 is 4.42 Å². The summed E-state index contributed by atoms with van der Waals surface area (Å²) >= 11 is 12.2. The average Bonchev–Trinajstić information content (AvgIpc) is 2.84. The fourth-order valence-electron chi connectivity index (χ4n) is 1.64. The molecule has 2 heterocycles. The number of pyridine rings is 1. The van der Waals surface area contributed by atoms with Crippen LogP contribution < -0.4 is 0 Å². The Balaban J connectivity index is 2.32. The van der Waals surface area contributed by atoms with Gasteiger partial charge in [0.25, 0.3) is 0 Å². The maximum absolute atomic E-state index is 6.31. The molecule has 0 saturated heterocycles. The molecule has 84 valence electrons. The van der Waals surface area contributed by atoms with Gasteiger partial charge in [-0.3, -0.25) is 4.98 Å². The van der Waals surface area contributed by atoms with Gasteiger partial charge in [-0.1, -0.05) is 23.2 Å². The molecule has 3 nitrogen and oxygen atoms in total. The highest BCUT2D eigenvalue weighted by Crippen LogP contribution is 2.33. The molecule has 5 heteroatoms. The molecular weight excluding hydrogens is 259 g/mol. The summed E-state index contributed by atoms with van der Waals surface area (Å²) in [6.45, 7) is 0. The third kappa shape index (κ3) is 1.77. The molecule has 0 unspecified atom stereocenters. The van der Waals surface area contributed by atoms with E-state index in [1.807, 2.05) is 6.07 Å². The molecule has 0 saturated carbocycles. The third-order valence-electron chi connectivity index (χ3n) is 2.43. The van der Waals surface area contributed by atoms with Gasteiger partial charge in [0, 0.05) is 16.6 Å². The summed E-state index contributed by atoms with van der Waals surface area (Å²) in [7, 11) is 0. The molecule has 17 heavy (non-hydrogen) atoms. The van der Waals surface area contributed by atoms with Gasteiger partial charge in [0.2, 0.25) is 5.89 Å². The van der Waals surface area contributed by atoms with Gasteiger partial charge in [-0.15, -0.1) is 0 Å². The van der Waals surface area contributed by atoms with Crippen molar-refractivity contribution in [2.75, 3.05) is 0 Å². The number of rotatable bonds is 1. The molecule has 1 aromatic carbocycles. The van der Waals surface area contributed by atoms with Crippen LogP contribution in [0.15, 0.2) is 41.3 Å². The zero-order valence-corrected chi connectivity index (χ0v) is 10.0. The van der Waals surface area contributed by atoms with Crippen molar-refractivity contribution in [2.24, 2.45) is 0 Å². The van der Waals surface area contributed by atoms with Gasteiger partial charge >= 0.3 is 0 Å². The van der Waals surface area contributed by atoms with Crippen molar-refractivity contribution >= 4 is 34.1 Å². The van der Waals surface area contributed by atoms with Crippen LogP contribution >= 0.6 is 23.2 Å². The minimum atomic E-state index is 0.448. The van der Waals surface area contributed by atoms with Crippen LogP contribution in [0, 0.1) is 0 Å². The minimum Gasteiger partial charge on any atom is -0.444 e. The van der Waals surface area contributed by atoms with Crippen molar-refractivity contribution in [1.82, 2.24) is 9.97 Å². The first-order valence-corrected chi connectivity index (χ1v) is 5.65. The fourth-order valence-corrected chi connectivity index (χ4v) is 2.09. The van der Waals surface area contributed by atoms with Gasteiger partial charge in [0.15, 0.2) is 0 Å². The minimum absolute atomic E-state index is 0.448. The van der Waals surface area contributed by atoms with Crippen LogP contribution in [0.5, 0.6) is 0 Å². The lowest BCUT2D eigenvalue weighted by molar-refractivity contribution is 0.574. The molecule has 2 aromatic heterocycles. The van der Waals surface area contributed by atoms with E-state index in [0.717, 1.165) is 10.9 Å². The van der Waals surface area contributed by atoms with Gasteiger partial charge in [0.1, 0.15) is 6.26 Å². The van der Waals surface area contributed by atoms with E-state index in [1.165, 1.54) is 6.26 Å². The maximum atomic E-state index is 6.31. The summed E-state index contributed by atoms with van der Waals surface area (Å²) in [5.74, 6) is 0.448. The smallest absolute Gasteiger partial charge is 0.228 e. The lowest BCUT2D eigenvalue weighted by atomic mass is 10.1. The molecule has 0 radical (unpaired) electrons. The Bertz CT molecular complexity index is 680. The standard InChI is InChI=1S/C12H6Cl2N2O/c13-7-1-2-10-8(5-7)11(14)9(6-16-10)12-15-3-4-17-12/h1-6H. The molecule has 0 bridgehead atoms. The number of halogens is 2. The van der Waals surface area contributed by atoms with Crippen LogP contribution in [0.25, 0.3) is 22.4 Å². The lowest BCUT2D eigenvalue weighted by Crippen LogP contribution is -1.85. The molecule has 0 amide bonds. The lowest BCUT2D eigenvalue weighted by Gasteiger charge is -2.04. The van der Waals surface area contributed by atoms with Crippen molar-refractivity contribution in [2.45, 2.75) is 0 Å². The number of oxazole rings is 1. The summed E-state index contributed by atoms with van der Waals surface area (Å²) in [6, 6.07) is 5.37. The predicted molar refractivity (Wildman–Crippen MR) is 67.3 cm³/mol. The van der Waals surface area contributed by atoms with E-state index in [1.54, 1.807) is 24.5 Å². The van der Waals surface area contributed by atoms with E-state index in [-0.39, 0.29) is 0 Å². The van der Waals surface area contributed by atoms with Crippen LogP contribution in [0.1, 0.15) is 0 Å². The second-order valence-corrected chi connectivity index (χ2v) is 4.30. The molecule has 0 atom stereocenters. The van der Waals surface area contributed by atoms with Crippen LogP contribution in [0.2, 0.25) is 10.0 Å². The van der Waals surface area contributed by atoms with Gasteiger partial charge in [-0.25, -0.2) is 4.98 Å². The number of benzene rings is 1. The van der Waals surface area contributed by atoms with Crippen LogP contribution in [-0.2, 0) is 0 Å². The van der Waals surface area contributed by atoms with E-state index in [0.29, 0.717) is 21.5 Å². The Morgan fingerprint density at radius 2 is 2.00 bits per heavy atom. The Morgan fingerprint density at radius 3 is 2.76 bits per heavy atom. The molecule has 0 aliphatic rings. The van der Waals surface area contributed by atoms with Gasteiger partial charge in [0.05, 0.1) is 22.3 Å². The van der Waals surface area contributed by atoms with E-state index in [9.17, 15) is 0 Å². The number of hydrogen-bond acceptors (Lipinski definition) is 3. The highest BCUT2D eigenvalue weighted by Gasteiger charge is 2.12. The largest absolute Gasteiger partial charge is 0.444 e. The molecule has 0 N–H and O–H groups in total. The Morgan fingerprint density at radius 1 is 1.12 bits per heavy atom. The molecule has 0 aliphatic heterocycles. The molecule has 0 spiro atoms. The van der Waals surface area contributed by atoms with Crippen molar-refractivity contribution in [1.29, 1.82) is 0 Å². The molecule has 0 fully saturated rings. The number of nitrogens with zero attached hydrogens (tertiary/aromatic N) is 2. The fraction of sp³-hybridized carbons (Fsp3) is 0. The first-order chi connectivity index (χ1) is 8.25. The molecule has 3 rings (SSSR count). The van der Waals surface area contributed by atoms with Crippen molar-refractivity contribution in [3.05, 3.63) is 46.9 Å². The summed E-state index contributed by atoms with van der Waals surface area (Å²) in [5.41, 5.74) is 1.45. The van der Waals surface area contributed by atoms with Gasteiger partial charge < -0.3 is 4.42 Å². The monoisotopic (exact) mass is 264 g/mol. The molecule has 0 aliphatic carbocycles. The second kappa shape index (κ2) is 4.02. The van der Waals surface area contributed by atoms with Gasteiger partial charge in [-0.2, -0.15) is 0 Å². The van der Waals surface area contributed by atoms with E-state index >= 15 is 0 Å². The third-order valence-corrected chi connectivity index (χ3v) is 3.07. The highest BCUT2D eigenvalue weighted by molar-refractivity contribution is 6.38. The Hall–Kier alpha value is -1.58. The molecule has 3 aromatic rings. The normalized spacial score (nSPS) is 10.9. The first kappa shape index (κ1) is 10.6. The quantitative estimate of drug-likeness (QED) is 0.662. The van der Waals surface area contributed by atoms with E-state index in [2.05, 4.69) is 9.97 Å². The van der Waals surface area contributed by atoms with Crippen LogP contribution in [0.3, 0.4) is 0 Å².